The van der Waals surface area contributed by atoms with Crippen molar-refractivity contribution in [3.63, 3.8) is 0 Å². The molecule has 1 heterocycles. The molecule has 6 heteroatoms. The molecular formula is C12H16IN5. The number of guanidine groups is 1. The highest BCUT2D eigenvalue weighted by atomic mass is 127. The molecule has 18 heavy (non-hydrogen) atoms. The fourth-order valence-electron chi connectivity index (χ4n) is 2.11. The molecule has 1 aromatic heterocycles. The lowest BCUT2D eigenvalue weighted by molar-refractivity contribution is 0.702. The van der Waals surface area contributed by atoms with Crippen LogP contribution in [0.5, 0.6) is 0 Å². The minimum atomic E-state index is 0. The van der Waals surface area contributed by atoms with Crippen LogP contribution in [-0.4, -0.2) is 15.5 Å². The lowest BCUT2D eigenvalue weighted by Gasteiger charge is -2.05. The number of aliphatic imine (C=N–C) groups is 1. The molecule has 5 nitrogen and oxygen atoms in total. The number of nitrogens with two attached hydrogens (primary N) is 2. The van der Waals surface area contributed by atoms with Gasteiger partial charge < -0.3 is 16.0 Å². The Morgan fingerprint density at radius 3 is 2.72 bits per heavy atom. The summed E-state index contributed by atoms with van der Waals surface area (Å²) in [5.74, 6) is 1.06. The van der Waals surface area contributed by atoms with Crippen LogP contribution in [0.2, 0.25) is 0 Å². The standard InChI is InChI=1S/C12H15N5.HI/c13-12(14)15-7-11-16-9-3-1-2-4-10(9)17(11)8-5-6-8;/h1-4,8H,5-7H2,(H4,13,14,15);1H. The van der Waals surface area contributed by atoms with Crippen LogP contribution in [0.4, 0.5) is 0 Å². The van der Waals surface area contributed by atoms with Gasteiger partial charge in [-0.3, -0.25) is 0 Å². The van der Waals surface area contributed by atoms with Crippen LogP contribution in [0.25, 0.3) is 11.0 Å². The summed E-state index contributed by atoms with van der Waals surface area (Å²) in [6.45, 7) is 0.452. The monoisotopic (exact) mass is 357 g/mol. The number of fused-ring (bicyclic) bond motifs is 1. The quantitative estimate of drug-likeness (QED) is 0.499. The molecule has 0 radical (unpaired) electrons. The van der Waals surface area contributed by atoms with Gasteiger partial charge in [0.25, 0.3) is 0 Å². The van der Waals surface area contributed by atoms with Crippen molar-refractivity contribution in [2.75, 3.05) is 0 Å². The van der Waals surface area contributed by atoms with Crippen LogP contribution in [0.15, 0.2) is 29.3 Å². The molecule has 1 aliphatic carbocycles. The minimum Gasteiger partial charge on any atom is -0.370 e. The van der Waals surface area contributed by atoms with Crippen LogP contribution < -0.4 is 11.5 Å². The number of imidazole rings is 1. The highest BCUT2D eigenvalue weighted by Gasteiger charge is 2.27. The van der Waals surface area contributed by atoms with Crippen molar-refractivity contribution in [2.24, 2.45) is 16.5 Å². The summed E-state index contributed by atoms with van der Waals surface area (Å²) >= 11 is 0. The molecule has 0 aliphatic heterocycles. The van der Waals surface area contributed by atoms with Gasteiger partial charge in [0.05, 0.1) is 11.0 Å². The van der Waals surface area contributed by atoms with Crippen LogP contribution in [0, 0.1) is 0 Å². The Morgan fingerprint density at radius 2 is 2.06 bits per heavy atom. The summed E-state index contributed by atoms with van der Waals surface area (Å²) in [7, 11) is 0. The lowest BCUT2D eigenvalue weighted by Crippen LogP contribution is -2.23. The molecule has 1 aromatic carbocycles. The third-order valence-corrected chi connectivity index (χ3v) is 2.98. The second-order valence-corrected chi connectivity index (χ2v) is 4.36. The van der Waals surface area contributed by atoms with Crippen molar-refractivity contribution in [2.45, 2.75) is 25.4 Å². The second-order valence-electron chi connectivity index (χ2n) is 4.36. The van der Waals surface area contributed by atoms with E-state index in [0.717, 1.165) is 11.3 Å². The van der Waals surface area contributed by atoms with E-state index in [1.807, 2.05) is 18.2 Å². The maximum atomic E-state index is 5.37. The van der Waals surface area contributed by atoms with Crippen LogP contribution >= 0.6 is 24.0 Å². The number of halogens is 1. The smallest absolute Gasteiger partial charge is 0.186 e. The Kier molecular flexibility index (Phi) is 3.74. The molecule has 1 saturated carbocycles. The average molecular weight is 357 g/mol. The van der Waals surface area contributed by atoms with Crippen LogP contribution in [0.3, 0.4) is 0 Å². The van der Waals surface area contributed by atoms with E-state index >= 15 is 0 Å². The van der Waals surface area contributed by atoms with Gasteiger partial charge in [0.15, 0.2) is 5.96 Å². The number of para-hydroxylation sites is 2. The maximum absolute atomic E-state index is 5.37. The Balaban J connectivity index is 0.00000120. The second kappa shape index (κ2) is 5.13. The summed E-state index contributed by atoms with van der Waals surface area (Å²) in [5, 5.41) is 0. The van der Waals surface area contributed by atoms with Crippen molar-refractivity contribution >= 4 is 41.0 Å². The van der Waals surface area contributed by atoms with Gasteiger partial charge in [-0.1, -0.05) is 12.1 Å². The zero-order valence-electron chi connectivity index (χ0n) is 9.91. The van der Waals surface area contributed by atoms with Crippen molar-refractivity contribution in [1.82, 2.24) is 9.55 Å². The molecular weight excluding hydrogens is 341 g/mol. The maximum Gasteiger partial charge on any atom is 0.186 e. The van der Waals surface area contributed by atoms with Gasteiger partial charge in [0.2, 0.25) is 0 Å². The zero-order valence-corrected chi connectivity index (χ0v) is 12.2. The number of hydrogen-bond donors (Lipinski definition) is 2. The molecule has 3 rings (SSSR count). The minimum absolute atomic E-state index is 0. The van der Waals surface area contributed by atoms with Crippen molar-refractivity contribution < 1.29 is 0 Å². The van der Waals surface area contributed by atoms with Gasteiger partial charge in [-0.25, -0.2) is 9.98 Å². The number of nitrogens with zero attached hydrogens (tertiary/aromatic N) is 3. The van der Waals surface area contributed by atoms with Gasteiger partial charge in [0, 0.05) is 6.04 Å². The number of aromatic nitrogens is 2. The summed E-state index contributed by atoms with van der Waals surface area (Å²) in [4.78, 5) is 8.64. The average Bonchev–Trinajstić information content (AvgIpc) is 3.07. The molecule has 1 aliphatic rings. The normalized spacial score (nSPS) is 14.2. The summed E-state index contributed by atoms with van der Waals surface area (Å²) in [5.41, 5.74) is 12.9. The third-order valence-electron chi connectivity index (χ3n) is 2.98. The van der Waals surface area contributed by atoms with Crippen molar-refractivity contribution in [3.05, 3.63) is 30.1 Å². The van der Waals surface area contributed by atoms with Gasteiger partial charge in [-0.2, -0.15) is 0 Å². The molecule has 0 saturated heterocycles. The van der Waals surface area contributed by atoms with Crippen molar-refractivity contribution in [3.8, 4) is 0 Å². The lowest BCUT2D eigenvalue weighted by atomic mass is 10.3. The fourth-order valence-corrected chi connectivity index (χ4v) is 2.11. The number of rotatable bonds is 3. The van der Waals surface area contributed by atoms with Crippen LogP contribution in [0.1, 0.15) is 24.7 Å². The molecule has 2 aromatic rings. The zero-order chi connectivity index (χ0) is 11.8. The third kappa shape index (κ3) is 2.43. The number of benzene rings is 1. The highest BCUT2D eigenvalue weighted by molar-refractivity contribution is 14.0. The molecule has 0 atom stereocenters. The Bertz CT molecular complexity index is 581. The molecule has 0 unspecified atom stereocenters. The summed E-state index contributed by atoms with van der Waals surface area (Å²) in [6.07, 6.45) is 2.43. The van der Waals surface area contributed by atoms with E-state index < -0.39 is 0 Å². The first-order valence-electron chi connectivity index (χ1n) is 5.77. The Labute approximate surface area is 122 Å². The summed E-state index contributed by atoms with van der Waals surface area (Å²) < 4.78 is 2.27. The van der Waals surface area contributed by atoms with Gasteiger partial charge >= 0.3 is 0 Å². The van der Waals surface area contributed by atoms with E-state index in [1.54, 1.807) is 0 Å². The fraction of sp³-hybridized carbons (Fsp3) is 0.333. The van der Waals surface area contributed by atoms with Gasteiger partial charge in [0.1, 0.15) is 12.4 Å². The molecule has 1 fully saturated rings. The first-order valence-corrected chi connectivity index (χ1v) is 5.77. The highest BCUT2D eigenvalue weighted by Crippen LogP contribution is 2.38. The predicted octanol–water partition coefficient (Wildman–Crippen LogP) is 1.76. The van der Waals surface area contributed by atoms with E-state index in [0.29, 0.717) is 12.6 Å². The van der Waals surface area contributed by atoms with E-state index in [-0.39, 0.29) is 29.9 Å². The number of hydrogen-bond acceptors (Lipinski definition) is 2. The molecule has 0 spiro atoms. The summed E-state index contributed by atoms with van der Waals surface area (Å²) in [6, 6.07) is 8.73. The van der Waals surface area contributed by atoms with E-state index in [9.17, 15) is 0 Å². The molecule has 0 amide bonds. The van der Waals surface area contributed by atoms with Crippen molar-refractivity contribution in [1.29, 1.82) is 0 Å². The van der Waals surface area contributed by atoms with E-state index in [1.165, 1.54) is 18.4 Å². The largest absolute Gasteiger partial charge is 0.370 e. The first-order chi connectivity index (χ1) is 8.25. The SMILES string of the molecule is I.NC(N)=NCc1nc2ccccc2n1C1CC1. The predicted molar refractivity (Wildman–Crippen MR) is 82.9 cm³/mol. The van der Waals surface area contributed by atoms with Gasteiger partial charge in [-0.05, 0) is 25.0 Å². The van der Waals surface area contributed by atoms with E-state index in [2.05, 4.69) is 20.6 Å². The Hall–Kier alpha value is -1.31. The molecule has 0 bridgehead atoms. The van der Waals surface area contributed by atoms with Gasteiger partial charge in [-0.15, -0.1) is 24.0 Å². The van der Waals surface area contributed by atoms with Crippen LogP contribution in [-0.2, 0) is 6.54 Å². The first kappa shape index (κ1) is 13.1. The van der Waals surface area contributed by atoms with E-state index in [4.69, 9.17) is 11.5 Å². The molecule has 96 valence electrons. The molecule has 4 N–H and O–H groups in total. The Morgan fingerprint density at radius 1 is 1.33 bits per heavy atom. The topological polar surface area (TPSA) is 82.2 Å².